The number of halogens is 4. The van der Waals surface area contributed by atoms with Gasteiger partial charge in [-0.25, -0.2) is 18.0 Å². The summed E-state index contributed by atoms with van der Waals surface area (Å²) in [6.07, 6.45) is -0.745. The maximum atomic E-state index is 14.3. The van der Waals surface area contributed by atoms with E-state index in [4.69, 9.17) is 21.1 Å². The quantitative estimate of drug-likeness (QED) is 0.237. The predicted octanol–water partition coefficient (Wildman–Crippen LogP) is 6.45. The fourth-order valence-electron chi connectivity index (χ4n) is 3.54. The van der Waals surface area contributed by atoms with Gasteiger partial charge in [-0.1, -0.05) is 29.8 Å². The number of aryl methyl sites for hydroxylation is 1. The predicted molar refractivity (Wildman–Crippen MR) is 134 cm³/mol. The average Bonchev–Trinajstić information content (AvgIpc) is 3.38. The van der Waals surface area contributed by atoms with Crippen molar-refractivity contribution in [3.63, 3.8) is 0 Å². The van der Waals surface area contributed by atoms with E-state index in [9.17, 15) is 22.8 Å². The largest absolute Gasteiger partial charge is 0.471 e. The van der Waals surface area contributed by atoms with Crippen LogP contribution in [0.15, 0.2) is 70.2 Å². The number of benzene rings is 2. The molecule has 0 atom stereocenters. The lowest BCUT2D eigenvalue weighted by Gasteiger charge is -2.23. The average molecular weight is 549 g/mol. The molecule has 0 aliphatic carbocycles. The second-order valence-electron chi connectivity index (χ2n) is 7.96. The van der Waals surface area contributed by atoms with Crippen molar-refractivity contribution in [1.29, 1.82) is 0 Å². The third-order valence-electron chi connectivity index (χ3n) is 5.30. The van der Waals surface area contributed by atoms with Crippen molar-refractivity contribution in [1.82, 2.24) is 9.47 Å². The summed E-state index contributed by atoms with van der Waals surface area (Å²) in [7, 11) is 0. The zero-order chi connectivity index (χ0) is 26.5. The number of carbonyl (C=O) groups excluding carboxylic acids is 1. The lowest BCUT2D eigenvalue weighted by molar-refractivity contribution is 0.0615. The summed E-state index contributed by atoms with van der Waals surface area (Å²) in [5.41, 5.74) is -0.0536. The zero-order valence-corrected chi connectivity index (χ0v) is 21.0. The maximum Gasteiger partial charge on any atom is 0.413 e. The lowest BCUT2D eigenvalue weighted by atomic mass is 10.2. The Morgan fingerprint density at radius 1 is 1.05 bits per heavy atom. The Kier molecular flexibility index (Phi) is 8.20. The molecule has 1 amide bonds. The maximum absolute atomic E-state index is 14.3. The molecule has 0 N–H and O–H groups in total. The van der Waals surface area contributed by atoms with E-state index >= 15 is 0 Å². The number of thiophene rings is 1. The Bertz CT molecular complexity index is 1460. The first-order valence-corrected chi connectivity index (χ1v) is 12.2. The number of nitrogens with zero attached hydrogens (tertiary/aromatic N) is 2. The van der Waals surface area contributed by atoms with E-state index in [0.717, 1.165) is 27.2 Å². The van der Waals surface area contributed by atoms with E-state index in [1.165, 1.54) is 48.6 Å². The van der Waals surface area contributed by atoms with Crippen molar-refractivity contribution in [3.8, 4) is 11.4 Å². The highest BCUT2D eigenvalue weighted by Gasteiger charge is 2.22. The van der Waals surface area contributed by atoms with Crippen LogP contribution in [0.2, 0.25) is 5.02 Å². The molecule has 0 aliphatic rings. The van der Waals surface area contributed by atoms with Gasteiger partial charge in [0.05, 0.1) is 6.54 Å². The molecule has 0 bridgehead atoms. The molecular weight excluding hydrogens is 529 g/mol. The van der Waals surface area contributed by atoms with Crippen LogP contribution in [-0.2, 0) is 17.9 Å². The van der Waals surface area contributed by atoms with Gasteiger partial charge in [-0.05, 0) is 53.6 Å². The summed E-state index contributed by atoms with van der Waals surface area (Å²) in [6.45, 7) is 1.01. The van der Waals surface area contributed by atoms with E-state index in [2.05, 4.69) is 0 Å². The number of hydrogen-bond donors (Lipinski definition) is 0. The third kappa shape index (κ3) is 6.15. The molecule has 0 fully saturated rings. The second kappa shape index (κ2) is 11.5. The fraction of sp³-hybridized carbons (Fsp3) is 0.154. The number of rotatable bonds is 8. The summed E-state index contributed by atoms with van der Waals surface area (Å²) >= 11 is 7.66. The van der Waals surface area contributed by atoms with Gasteiger partial charge in [0, 0.05) is 17.3 Å². The summed E-state index contributed by atoms with van der Waals surface area (Å²) in [4.78, 5) is 26.9. The van der Waals surface area contributed by atoms with Crippen LogP contribution >= 0.6 is 22.9 Å². The second-order valence-corrected chi connectivity index (χ2v) is 9.12. The van der Waals surface area contributed by atoms with Crippen LogP contribution < -0.4 is 10.3 Å². The molecule has 2 heterocycles. The summed E-state index contributed by atoms with van der Waals surface area (Å²) in [5.74, 6) is -2.46. The number of amides is 1. The Labute approximate surface area is 219 Å². The number of aromatic nitrogens is 1. The number of pyridine rings is 1. The lowest BCUT2D eigenvalue weighted by Crippen LogP contribution is -2.35. The first-order chi connectivity index (χ1) is 17.7. The van der Waals surface area contributed by atoms with Crippen LogP contribution in [0.4, 0.5) is 18.0 Å². The van der Waals surface area contributed by atoms with E-state index in [-0.39, 0.29) is 24.6 Å². The van der Waals surface area contributed by atoms with Gasteiger partial charge in [0.15, 0.2) is 6.73 Å². The molecular formula is C26H20ClF3N2O4S. The smallest absolute Gasteiger partial charge is 0.413 e. The molecule has 37 heavy (non-hydrogen) atoms. The minimum absolute atomic E-state index is 0.0199. The summed E-state index contributed by atoms with van der Waals surface area (Å²) in [6, 6.07) is 12.0. The highest BCUT2D eigenvalue weighted by Crippen LogP contribution is 2.26. The molecule has 4 rings (SSSR count). The minimum Gasteiger partial charge on any atom is -0.471 e. The normalized spacial score (nSPS) is 10.8. The third-order valence-corrected chi connectivity index (χ3v) is 6.38. The Morgan fingerprint density at radius 3 is 2.46 bits per heavy atom. The van der Waals surface area contributed by atoms with Crippen molar-refractivity contribution < 1.29 is 27.4 Å². The first-order valence-electron chi connectivity index (χ1n) is 10.9. The zero-order valence-electron chi connectivity index (χ0n) is 19.4. The Hall–Kier alpha value is -3.76. The SMILES string of the molecule is Cc1cc(OCN(Cc2cccc(F)c2)C(=O)OCc2ccsc2)c(Cl)c(=O)n1-c1c(F)cccc1F. The van der Waals surface area contributed by atoms with E-state index in [1.54, 1.807) is 12.1 Å². The Morgan fingerprint density at radius 2 is 1.78 bits per heavy atom. The summed E-state index contributed by atoms with van der Waals surface area (Å²) in [5, 5.41) is 3.23. The van der Waals surface area contributed by atoms with Gasteiger partial charge in [0.1, 0.15) is 40.5 Å². The van der Waals surface area contributed by atoms with Crippen LogP contribution in [0.5, 0.6) is 5.75 Å². The van der Waals surface area contributed by atoms with Gasteiger partial charge in [0.25, 0.3) is 5.56 Å². The molecule has 0 saturated carbocycles. The molecule has 192 valence electrons. The molecule has 0 aliphatic heterocycles. The Balaban J connectivity index is 1.58. The van der Waals surface area contributed by atoms with Gasteiger partial charge >= 0.3 is 6.09 Å². The van der Waals surface area contributed by atoms with E-state index < -0.39 is 46.5 Å². The molecule has 0 spiro atoms. The van der Waals surface area contributed by atoms with Gasteiger partial charge in [-0.15, -0.1) is 0 Å². The number of carbonyl (C=O) groups is 1. The van der Waals surface area contributed by atoms with Crippen molar-refractivity contribution in [3.05, 3.63) is 115 Å². The van der Waals surface area contributed by atoms with E-state index in [1.807, 2.05) is 10.8 Å². The molecule has 2 aromatic carbocycles. The molecule has 0 unspecified atom stereocenters. The number of hydrogen-bond acceptors (Lipinski definition) is 5. The van der Waals surface area contributed by atoms with Crippen molar-refractivity contribution in [2.75, 3.05) is 6.73 Å². The summed E-state index contributed by atoms with van der Waals surface area (Å²) < 4.78 is 54.2. The van der Waals surface area contributed by atoms with Gasteiger partial charge in [0.2, 0.25) is 0 Å². The van der Waals surface area contributed by atoms with Gasteiger partial charge in [-0.3, -0.25) is 14.3 Å². The fourth-order valence-corrected chi connectivity index (χ4v) is 4.39. The van der Waals surface area contributed by atoms with Crippen LogP contribution in [0.1, 0.15) is 16.8 Å². The first kappa shape index (κ1) is 26.3. The van der Waals surface area contributed by atoms with Gasteiger partial charge < -0.3 is 9.47 Å². The molecule has 0 saturated heterocycles. The van der Waals surface area contributed by atoms with E-state index in [0.29, 0.717) is 5.56 Å². The van der Waals surface area contributed by atoms with Crippen LogP contribution in [-0.4, -0.2) is 22.3 Å². The minimum atomic E-state index is -0.940. The van der Waals surface area contributed by atoms with Crippen LogP contribution in [0.25, 0.3) is 5.69 Å². The highest BCUT2D eigenvalue weighted by atomic mass is 35.5. The highest BCUT2D eigenvalue weighted by molar-refractivity contribution is 7.07. The van der Waals surface area contributed by atoms with Crippen LogP contribution in [0, 0.1) is 24.4 Å². The topological polar surface area (TPSA) is 60.8 Å². The molecule has 2 aromatic heterocycles. The molecule has 4 aromatic rings. The van der Waals surface area contributed by atoms with Crippen LogP contribution in [0.3, 0.4) is 0 Å². The molecule has 0 radical (unpaired) electrons. The van der Waals surface area contributed by atoms with Crippen molar-refractivity contribution in [2.45, 2.75) is 20.1 Å². The molecule has 11 heteroatoms. The van der Waals surface area contributed by atoms with Crippen molar-refractivity contribution in [2.24, 2.45) is 0 Å². The monoisotopic (exact) mass is 548 g/mol. The number of ether oxygens (including phenoxy) is 2. The standard InChI is InChI=1S/C26H20ClF3N2O4S/c1-16-10-22(23(27)25(33)32(16)24-20(29)6-3-7-21(24)30)36-15-31(12-17-4-2-5-19(28)11-17)26(34)35-13-18-8-9-37-14-18/h2-11,14H,12-13,15H2,1H3. The van der Waals surface area contributed by atoms with Crippen molar-refractivity contribution >= 4 is 29.0 Å². The molecule has 6 nitrogen and oxygen atoms in total. The van der Waals surface area contributed by atoms with Gasteiger partial charge in [-0.2, -0.15) is 11.3 Å². The number of para-hydroxylation sites is 1.